The minimum absolute atomic E-state index is 0.0861. The fraction of sp³-hybridized carbons (Fsp3) is 0.529. The van der Waals surface area contributed by atoms with Crippen LogP contribution in [-0.4, -0.2) is 43.4 Å². The number of carbonyl (C=O) groups excluding carboxylic acids is 1. The quantitative estimate of drug-likeness (QED) is 0.754. The zero-order chi connectivity index (χ0) is 15.9. The van der Waals surface area contributed by atoms with Crippen LogP contribution in [-0.2, 0) is 20.7 Å². The molecular formula is C17H22N2O4. The van der Waals surface area contributed by atoms with Gasteiger partial charge in [0.15, 0.2) is 11.5 Å². The fourth-order valence-corrected chi connectivity index (χ4v) is 2.60. The van der Waals surface area contributed by atoms with Crippen LogP contribution in [0.15, 0.2) is 28.7 Å². The van der Waals surface area contributed by atoms with Crippen molar-refractivity contribution < 1.29 is 18.7 Å². The predicted molar refractivity (Wildman–Crippen MR) is 85.1 cm³/mol. The number of ether oxygens (including phenoxy) is 2. The Labute approximate surface area is 135 Å². The maximum atomic E-state index is 11.7. The fourth-order valence-electron chi connectivity index (χ4n) is 2.60. The first-order valence-electron chi connectivity index (χ1n) is 8.12. The SMILES string of the molecule is O=C(COC[C@H]1CCCO1)NCCCc1nc2ccccc2o1. The highest BCUT2D eigenvalue weighted by atomic mass is 16.5. The average Bonchev–Trinajstić information content (AvgIpc) is 3.20. The van der Waals surface area contributed by atoms with E-state index in [1.807, 2.05) is 24.3 Å². The van der Waals surface area contributed by atoms with Crippen molar-refractivity contribution in [2.75, 3.05) is 26.4 Å². The van der Waals surface area contributed by atoms with Crippen molar-refractivity contribution in [3.05, 3.63) is 30.2 Å². The van der Waals surface area contributed by atoms with Gasteiger partial charge in [-0.3, -0.25) is 4.79 Å². The molecule has 0 spiro atoms. The van der Waals surface area contributed by atoms with Gasteiger partial charge in [0.1, 0.15) is 12.1 Å². The van der Waals surface area contributed by atoms with E-state index in [4.69, 9.17) is 13.9 Å². The summed E-state index contributed by atoms with van der Waals surface area (Å²) in [5.74, 6) is 0.607. The first kappa shape index (κ1) is 16.0. The topological polar surface area (TPSA) is 73.6 Å². The molecule has 23 heavy (non-hydrogen) atoms. The number of carbonyl (C=O) groups is 1. The predicted octanol–water partition coefficient (Wildman–Crippen LogP) is 2.07. The monoisotopic (exact) mass is 318 g/mol. The summed E-state index contributed by atoms with van der Waals surface area (Å²) in [5.41, 5.74) is 1.67. The van der Waals surface area contributed by atoms with Gasteiger partial charge < -0.3 is 19.2 Å². The van der Waals surface area contributed by atoms with Crippen LogP contribution < -0.4 is 5.32 Å². The van der Waals surface area contributed by atoms with Crippen molar-refractivity contribution in [1.29, 1.82) is 0 Å². The molecule has 1 fully saturated rings. The van der Waals surface area contributed by atoms with Crippen LogP contribution in [0, 0.1) is 0 Å². The second-order valence-electron chi connectivity index (χ2n) is 5.68. The molecule has 1 amide bonds. The van der Waals surface area contributed by atoms with Gasteiger partial charge in [-0.25, -0.2) is 4.98 Å². The van der Waals surface area contributed by atoms with E-state index in [1.165, 1.54) is 0 Å². The summed E-state index contributed by atoms with van der Waals surface area (Å²) in [6.07, 6.45) is 3.74. The number of fused-ring (bicyclic) bond motifs is 1. The lowest BCUT2D eigenvalue weighted by molar-refractivity contribution is -0.126. The normalized spacial score (nSPS) is 17.7. The van der Waals surface area contributed by atoms with Gasteiger partial charge in [-0.15, -0.1) is 0 Å². The molecule has 1 N–H and O–H groups in total. The summed E-state index contributed by atoms with van der Waals surface area (Å²) in [6, 6.07) is 7.69. The van der Waals surface area contributed by atoms with Crippen LogP contribution in [0.2, 0.25) is 0 Å². The van der Waals surface area contributed by atoms with E-state index in [9.17, 15) is 4.79 Å². The van der Waals surface area contributed by atoms with E-state index in [1.54, 1.807) is 0 Å². The molecule has 0 unspecified atom stereocenters. The van der Waals surface area contributed by atoms with Crippen LogP contribution in [0.4, 0.5) is 0 Å². The average molecular weight is 318 g/mol. The van der Waals surface area contributed by atoms with Gasteiger partial charge in [-0.05, 0) is 31.4 Å². The molecule has 1 atom stereocenters. The third-order valence-electron chi connectivity index (χ3n) is 3.79. The number of nitrogens with zero attached hydrogens (tertiary/aromatic N) is 1. The van der Waals surface area contributed by atoms with Crippen LogP contribution in [0.25, 0.3) is 11.1 Å². The van der Waals surface area contributed by atoms with Crippen molar-refractivity contribution in [3.8, 4) is 0 Å². The Morgan fingerprint density at radius 1 is 1.39 bits per heavy atom. The molecule has 0 radical (unpaired) electrons. The van der Waals surface area contributed by atoms with E-state index in [0.717, 1.165) is 37.0 Å². The highest BCUT2D eigenvalue weighted by Gasteiger charge is 2.15. The van der Waals surface area contributed by atoms with Gasteiger partial charge in [-0.2, -0.15) is 0 Å². The number of nitrogens with one attached hydrogen (secondary N) is 1. The summed E-state index contributed by atoms with van der Waals surface area (Å²) < 4.78 is 16.4. The van der Waals surface area contributed by atoms with Crippen LogP contribution in [0.5, 0.6) is 0 Å². The molecule has 2 aromatic rings. The van der Waals surface area contributed by atoms with Gasteiger partial charge in [0.2, 0.25) is 5.91 Å². The van der Waals surface area contributed by atoms with Gasteiger partial charge in [-0.1, -0.05) is 12.1 Å². The Kier molecular flexibility index (Phi) is 5.60. The molecule has 6 heteroatoms. The number of benzene rings is 1. The Bertz CT molecular complexity index is 601. The molecular weight excluding hydrogens is 296 g/mol. The number of aromatic nitrogens is 1. The Balaban J connectivity index is 1.29. The number of oxazole rings is 1. The standard InChI is InChI=1S/C17H22N2O4/c20-16(12-21-11-13-5-4-10-22-13)18-9-3-8-17-19-14-6-1-2-7-15(14)23-17/h1-2,6-7,13H,3-5,8-12H2,(H,18,20)/t13-/m1/s1. The van der Waals surface area contributed by atoms with Gasteiger partial charge in [0.25, 0.3) is 0 Å². The molecule has 1 aromatic heterocycles. The van der Waals surface area contributed by atoms with E-state index < -0.39 is 0 Å². The molecule has 1 saturated heterocycles. The zero-order valence-electron chi connectivity index (χ0n) is 13.1. The Hall–Kier alpha value is -1.92. The second-order valence-corrected chi connectivity index (χ2v) is 5.68. The number of para-hydroxylation sites is 2. The summed E-state index contributed by atoms with van der Waals surface area (Å²) >= 11 is 0. The first-order valence-corrected chi connectivity index (χ1v) is 8.12. The smallest absolute Gasteiger partial charge is 0.245 e. The van der Waals surface area contributed by atoms with Crippen molar-refractivity contribution >= 4 is 17.0 Å². The molecule has 0 saturated carbocycles. The number of rotatable bonds is 8. The van der Waals surface area contributed by atoms with Crippen molar-refractivity contribution in [1.82, 2.24) is 10.3 Å². The minimum Gasteiger partial charge on any atom is -0.441 e. The molecule has 124 valence electrons. The maximum absolute atomic E-state index is 11.7. The van der Waals surface area contributed by atoms with Crippen LogP contribution in [0.3, 0.4) is 0 Å². The molecule has 2 heterocycles. The van der Waals surface area contributed by atoms with E-state index in [-0.39, 0.29) is 18.6 Å². The summed E-state index contributed by atoms with van der Waals surface area (Å²) in [6.45, 7) is 1.97. The largest absolute Gasteiger partial charge is 0.441 e. The van der Waals surface area contributed by atoms with Crippen LogP contribution in [0.1, 0.15) is 25.2 Å². The number of aryl methyl sites for hydroxylation is 1. The number of amides is 1. The highest BCUT2D eigenvalue weighted by molar-refractivity contribution is 5.77. The molecule has 0 aliphatic carbocycles. The summed E-state index contributed by atoms with van der Waals surface area (Å²) in [7, 11) is 0. The first-order chi connectivity index (χ1) is 11.3. The molecule has 0 bridgehead atoms. The lowest BCUT2D eigenvalue weighted by Gasteiger charge is -2.10. The van der Waals surface area contributed by atoms with Gasteiger partial charge in [0, 0.05) is 19.6 Å². The van der Waals surface area contributed by atoms with Crippen molar-refractivity contribution in [2.45, 2.75) is 31.8 Å². The van der Waals surface area contributed by atoms with E-state index >= 15 is 0 Å². The van der Waals surface area contributed by atoms with Gasteiger partial charge >= 0.3 is 0 Å². The molecule has 1 aliphatic heterocycles. The van der Waals surface area contributed by atoms with Gasteiger partial charge in [0.05, 0.1) is 12.7 Å². The third-order valence-corrected chi connectivity index (χ3v) is 3.79. The molecule has 3 rings (SSSR count). The minimum atomic E-state index is -0.0967. The zero-order valence-corrected chi connectivity index (χ0v) is 13.1. The molecule has 1 aliphatic rings. The second kappa shape index (κ2) is 8.08. The maximum Gasteiger partial charge on any atom is 0.245 e. The lowest BCUT2D eigenvalue weighted by Crippen LogP contribution is -2.30. The van der Waals surface area contributed by atoms with Crippen molar-refractivity contribution in [3.63, 3.8) is 0 Å². The number of hydrogen-bond acceptors (Lipinski definition) is 5. The van der Waals surface area contributed by atoms with Crippen LogP contribution >= 0.6 is 0 Å². The molecule has 1 aromatic carbocycles. The summed E-state index contributed by atoms with van der Waals surface area (Å²) in [5, 5.41) is 2.84. The lowest BCUT2D eigenvalue weighted by atomic mass is 10.2. The Morgan fingerprint density at radius 2 is 2.30 bits per heavy atom. The van der Waals surface area contributed by atoms with Crippen molar-refractivity contribution in [2.24, 2.45) is 0 Å². The third kappa shape index (κ3) is 4.77. The summed E-state index contributed by atoms with van der Waals surface area (Å²) in [4.78, 5) is 16.1. The molecule has 6 nitrogen and oxygen atoms in total. The number of hydrogen-bond donors (Lipinski definition) is 1. The van der Waals surface area contributed by atoms with E-state index in [0.29, 0.717) is 25.5 Å². The Morgan fingerprint density at radius 3 is 3.13 bits per heavy atom. The van der Waals surface area contributed by atoms with E-state index in [2.05, 4.69) is 10.3 Å². The highest BCUT2D eigenvalue weighted by Crippen LogP contribution is 2.15.